The fraction of sp³-hybridized carbons (Fsp3) is 0.286. The lowest BCUT2D eigenvalue weighted by Gasteiger charge is -2.24. The van der Waals surface area contributed by atoms with Crippen molar-refractivity contribution in [3.63, 3.8) is 0 Å². The van der Waals surface area contributed by atoms with Crippen molar-refractivity contribution in [2.75, 3.05) is 7.05 Å². The van der Waals surface area contributed by atoms with E-state index in [4.69, 9.17) is 4.63 Å². The van der Waals surface area contributed by atoms with Gasteiger partial charge >= 0.3 is 0 Å². The van der Waals surface area contributed by atoms with E-state index in [1.54, 1.807) is 12.5 Å². The summed E-state index contributed by atoms with van der Waals surface area (Å²) in [4.78, 5) is 10.4. The van der Waals surface area contributed by atoms with Gasteiger partial charge in [0.05, 0.1) is 5.69 Å². The minimum absolute atomic E-state index is 0.188. The van der Waals surface area contributed by atoms with Crippen LogP contribution in [0.15, 0.2) is 41.4 Å². The molecule has 3 aromatic rings. The molecular formula is C14H15N5O. The summed E-state index contributed by atoms with van der Waals surface area (Å²) in [5, 5.41) is 7.83. The van der Waals surface area contributed by atoms with Crippen molar-refractivity contribution in [3.8, 4) is 0 Å². The number of hydrogen-bond donors (Lipinski definition) is 0. The minimum Gasteiger partial charge on any atom is -0.294 e. The summed E-state index contributed by atoms with van der Waals surface area (Å²) in [6.45, 7) is 2.86. The van der Waals surface area contributed by atoms with Gasteiger partial charge in [-0.25, -0.2) is 14.6 Å². The van der Waals surface area contributed by atoms with Gasteiger partial charge in [-0.2, -0.15) is 0 Å². The summed E-state index contributed by atoms with van der Waals surface area (Å²) in [5.74, 6) is 0. The third-order valence-electron chi connectivity index (χ3n) is 3.48. The minimum atomic E-state index is 0.188. The molecule has 0 spiro atoms. The first kappa shape index (κ1) is 12.7. The molecule has 3 rings (SSSR count). The zero-order chi connectivity index (χ0) is 13.9. The second-order valence-electron chi connectivity index (χ2n) is 4.77. The van der Waals surface area contributed by atoms with Crippen molar-refractivity contribution >= 4 is 11.0 Å². The molecule has 0 amide bonds. The lowest BCUT2D eigenvalue weighted by Crippen LogP contribution is -2.22. The summed E-state index contributed by atoms with van der Waals surface area (Å²) >= 11 is 0. The van der Waals surface area contributed by atoms with E-state index in [1.807, 2.05) is 24.3 Å². The van der Waals surface area contributed by atoms with E-state index < -0.39 is 0 Å². The molecule has 20 heavy (non-hydrogen) atoms. The number of rotatable bonds is 4. The number of aromatic nitrogens is 4. The number of benzene rings is 1. The molecule has 0 aliphatic carbocycles. The highest BCUT2D eigenvalue weighted by Gasteiger charge is 2.15. The van der Waals surface area contributed by atoms with E-state index in [-0.39, 0.29) is 6.04 Å². The maximum absolute atomic E-state index is 4.79. The van der Waals surface area contributed by atoms with E-state index >= 15 is 0 Å². The van der Waals surface area contributed by atoms with Crippen LogP contribution in [0, 0.1) is 0 Å². The third-order valence-corrected chi connectivity index (χ3v) is 3.48. The predicted molar refractivity (Wildman–Crippen MR) is 73.7 cm³/mol. The largest absolute Gasteiger partial charge is 0.294 e. The zero-order valence-corrected chi connectivity index (χ0v) is 11.4. The molecule has 0 aliphatic rings. The zero-order valence-electron chi connectivity index (χ0n) is 11.4. The van der Waals surface area contributed by atoms with Crippen molar-refractivity contribution in [3.05, 3.63) is 48.0 Å². The van der Waals surface area contributed by atoms with Crippen LogP contribution in [0.2, 0.25) is 0 Å². The fourth-order valence-electron chi connectivity index (χ4n) is 2.17. The van der Waals surface area contributed by atoms with Crippen molar-refractivity contribution in [1.29, 1.82) is 0 Å². The topological polar surface area (TPSA) is 67.9 Å². The van der Waals surface area contributed by atoms with Gasteiger partial charge < -0.3 is 0 Å². The van der Waals surface area contributed by atoms with Gasteiger partial charge in [-0.1, -0.05) is 12.1 Å². The van der Waals surface area contributed by atoms with E-state index in [1.165, 1.54) is 0 Å². The molecule has 0 fully saturated rings. The smallest absolute Gasteiger partial charge is 0.139 e. The molecule has 1 atom stereocenters. The maximum Gasteiger partial charge on any atom is 0.139 e. The van der Waals surface area contributed by atoms with Crippen LogP contribution < -0.4 is 0 Å². The van der Waals surface area contributed by atoms with E-state index in [9.17, 15) is 0 Å². The van der Waals surface area contributed by atoms with Crippen LogP contribution in [0.25, 0.3) is 11.0 Å². The monoisotopic (exact) mass is 269 g/mol. The Morgan fingerprint density at radius 3 is 2.95 bits per heavy atom. The molecule has 0 saturated heterocycles. The Morgan fingerprint density at radius 2 is 2.15 bits per heavy atom. The average Bonchev–Trinajstić information content (AvgIpc) is 2.97. The van der Waals surface area contributed by atoms with Crippen LogP contribution >= 0.6 is 0 Å². The molecule has 0 aliphatic heterocycles. The van der Waals surface area contributed by atoms with Crippen molar-refractivity contribution in [1.82, 2.24) is 25.2 Å². The standard InChI is InChI=1S/C14H15N5O/c1-10(12-6-7-15-9-16-12)19(2)8-11-4-3-5-13-14(11)18-20-17-13/h3-7,9-10H,8H2,1-2H3/t10-/m1/s1. The van der Waals surface area contributed by atoms with Crippen LogP contribution in [-0.2, 0) is 6.54 Å². The summed E-state index contributed by atoms with van der Waals surface area (Å²) in [7, 11) is 2.05. The summed E-state index contributed by atoms with van der Waals surface area (Å²) in [6.07, 6.45) is 3.33. The molecule has 0 saturated carbocycles. The Balaban J connectivity index is 1.82. The molecule has 6 heteroatoms. The molecule has 2 aromatic heterocycles. The Morgan fingerprint density at radius 1 is 1.25 bits per heavy atom. The van der Waals surface area contributed by atoms with Gasteiger partial charge in [-0.15, -0.1) is 0 Å². The summed E-state index contributed by atoms with van der Waals surface area (Å²) in [5.41, 5.74) is 3.68. The molecule has 0 radical (unpaired) electrons. The molecule has 6 nitrogen and oxygen atoms in total. The van der Waals surface area contributed by atoms with E-state index in [0.717, 1.165) is 28.8 Å². The van der Waals surface area contributed by atoms with E-state index in [2.05, 4.69) is 39.2 Å². The molecule has 102 valence electrons. The van der Waals surface area contributed by atoms with Gasteiger partial charge in [-0.05, 0) is 42.0 Å². The molecule has 0 N–H and O–H groups in total. The number of nitrogens with zero attached hydrogens (tertiary/aromatic N) is 5. The van der Waals surface area contributed by atoms with Crippen LogP contribution in [0.4, 0.5) is 0 Å². The van der Waals surface area contributed by atoms with Gasteiger partial charge in [0, 0.05) is 18.8 Å². The average molecular weight is 269 g/mol. The van der Waals surface area contributed by atoms with E-state index in [0.29, 0.717) is 0 Å². The Bertz CT molecular complexity index is 697. The fourth-order valence-corrected chi connectivity index (χ4v) is 2.17. The second kappa shape index (κ2) is 5.34. The Hall–Kier alpha value is -2.34. The quantitative estimate of drug-likeness (QED) is 0.723. The Kier molecular flexibility index (Phi) is 3.39. The number of fused-ring (bicyclic) bond motifs is 1. The molecule has 0 bridgehead atoms. The van der Waals surface area contributed by atoms with Crippen molar-refractivity contribution < 1.29 is 4.63 Å². The van der Waals surface area contributed by atoms with Crippen LogP contribution in [0.1, 0.15) is 24.2 Å². The highest BCUT2D eigenvalue weighted by atomic mass is 16.6. The first-order chi connectivity index (χ1) is 9.75. The van der Waals surface area contributed by atoms with Gasteiger partial charge in [-0.3, -0.25) is 4.90 Å². The van der Waals surface area contributed by atoms with Gasteiger partial charge in [0.25, 0.3) is 0 Å². The molecule has 1 aromatic carbocycles. The van der Waals surface area contributed by atoms with Crippen LogP contribution in [0.3, 0.4) is 0 Å². The van der Waals surface area contributed by atoms with Gasteiger partial charge in [0.2, 0.25) is 0 Å². The summed E-state index contributed by atoms with van der Waals surface area (Å²) < 4.78 is 4.79. The summed E-state index contributed by atoms with van der Waals surface area (Å²) in [6, 6.07) is 8.01. The molecule has 2 heterocycles. The van der Waals surface area contributed by atoms with Crippen molar-refractivity contribution in [2.45, 2.75) is 19.5 Å². The third kappa shape index (κ3) is 2.37. The number of hydrogen-bond acceptors (Lipinski definition) is 6. The predicted octanol–water partition coefficient (Wildman–Crippen LogP) is 2.21. The maximum atomic E-state index is 4.79. The normalized spacial score (nSPS) is 12.9. The lowest BCUT2D eigenvalue weighted by molar-refractivity contribution is 0.248. The second-order valence-corrected chi connectivity index (χ2v) is 4.77. The van der Waals surface area contributed by atoms with Gasteiger partial charge in [0.1, 0.15) is 17.4 Å². The first-order valence-corrected chi connectivity index (χ1v) is 6.42. The molecular weight excluding hydrogens is 254 g/mol. The highest BCUT2D eigenvalue weighted by molar-refractivity contribution is 5.76. The van der Waals surface area contributed by atoms with Gasteiger partial charge in [0.15, 0.2) is 0 Å². The van der Waals surface area contributed by atoms with Crippen LogP contribution in [-0.4, -0.2) is 32.2 Å². The highest BCUT2D eigenvalue weighted by Crippen LogP contribution is 2.21. The first-order valence-electron chi connectivity index (χ1n) is 6.42. The molecule has 0 unspecified atom stereocenters. The Labute approximate surface area is 116 Å². The lowest BCUT2D eigenvalue weighted by atomic mass is 10.1. The van der Waals surface area contributed by atoms with Crippen LogP contribution in [0.5, 0.6) is 0 Å². The van der Waals surface area contributed by atoms with Crippen molar-refractivity contribution in [2.24, 2.45) is 0 Å². The SMILES string of the molecule is C[C@H](c1ccncn1)N(C)Cc1cccc2nonc12.